The predicted molar refractivity (Wildman–Crippen MR) is 90.7 cm³/mol. The Morgan fingerprint density at radius 1 is 1.17 bits per heavy atom. The molecule has 0 unspecified atom stereocenters. The highest BCUT2D eigenvalue weighted by Gasteiger charge is 2.12. The van der Waals surface area contributed by atoms with Gasteiger partial charge in [-0.2, -0.15) is 0 Å². The number of nitrogens with one attached hydrogen (secondary N) is 1. The van der Waals surface area contributed by atoms with E-state index in [0.717, 1.165) is 22.6 Å². The lowest BCUT2D eigenvalue weighted by molar-refractivity contribution is 0.102. The zero-order valence-electron chi connectivity index (χ0n) is 12.2. The van der Waals surface area contributed by atoms with Crippen LogP contribution in [0.2, 0.25) is 5.02 Å². The van der Waals surface area contributed by atoms with E-state index >= 15 is 0 Å². The third-order valence-corrected chi connectivity index (χ3v) is 4.56. The van der Waals surface area contributed by atoms with Crippen LogP contribution < -0.4 is 5.32 Å². The molecule has 122 valence electrons. The normalized spacial score (nSPS) is 10.6. The van der Waals surface area contributed by atoms with Gasteiger partial charge in [-0.05, 0) is 29.8 Å². The third kappa shape index (κ3) is 3.77. The number of benzene rings is 2. The van der Waals surface area contributed by atoms with Crippen LogP contribution in [-0.2, 0) is 6.42 Å². The fourth-order valence-electron chi connectivity index (χ4n) is 2.08. The minimum Gasteiger partial charge on any atom is -0.298 e. The molecule has 1 N–H and O–H groups in total. The molecule has 0 bridgehead atoms. The van der Waals surface area contributed by atoms with E-state index < -0.39 is 17.5 Å². The van der Waals surface area contributed by atoms with Crippen LogP contribution in [-0.4, -0.2) is 10.9 Å². The largest absolute Gasteiger partial charge is 0.298 e. The molecule has 24 heavy (non-hydrogen) atoms. The van der Waals surface area contributed by atoms with Gasteiger partial charge >= 0.3 is 0 Å². The van der Waals surface area contributed by atoms with Gasteiger partial charge in [-0.3, -0.25) is 10.1 Å². The van der Waals surface area contributed by atoms with Crippen molar-refractivity contribution in [2.75, 3.05) is 5.32 Å². The Kier molecular flexibility index (Phi) is 4.87. The lowest BCUT2D eigenvalue weighted by Gasteiger charge is -2.02. The topological polar surface area (TPSA) is 42.0 Å². The molecular formula is C17H11ClF2N2OS. The van der Waals surface area contributed by atoms with Gasteiger partial charge in [-0.1, -0.05) is 29.8 Å². The lowest BCUT2D eigenvalue weighted by Crippen LogP contribution is -2.12. The maximum atomic E-state index is 13.2. The molecule has 0 aliphatic rings. The Morgan fingerprint density at radius 2 is 1.96 bits per heavy atom. The molecule has 3 nitrogen and oxygen atoms in total. The molecule has 1 heterocycles. The first-order valence-corrected chi connectivity index (χ1v) is 8.17. The van der Waals surface area contributed by atoms with Gasteiger partial charge in [0.1, 0.15) is 0 Å². The molecule has 0 saturated carbocycles. The molecule has 2 aromatic carbocycles. The van der Waals surface area contributed by atoms with E-state index in [4.69, 9.17) is 11.6 Å². The number of rotatable bonds is 4. The third-order valence-electron chi connectivity index (χ3n) is 3.28. The van der Waals surface area contributed by atoms with Crippen molar-refractivity contribution in [1.82, 2.24) is 4.98 Å². The Labute approximate surface area is 145 Å². The highest BCUT2D eigenvalue weighted by molar-refractivity contribution is 7.15. The van der Waals surface area contributed by atoms with Crippen LogP contribution in [0, 0.1) is 11.6 Å². The standard InChI is InChI=1S/C17H11ClF2N2OS/c18-13-4-2-1-3-10(13)7-12-9-21-17(24-12)22-16(23)11-5-6-14(19)15(20)8-11/h1-6,8-9H,7H2,(H,21,22,23). The maximum absolute atomic E-state index is 13.2. The van der Waals surface area contributed by atoms with Crippen molar-refractivity contribution < 1.29 is 13.6 Å². The van der Waals surface area contributed by atoms with E-state index in [-0.39, 0.29) is 5.56 Å². The van der Waals surface area contributed by atoms with E-state index in [1.807, 2.05) is 24.3 Å². The summed E-state index contributed by atoms with van der Waals surface area (Å²) < 4.78 is 26.1. The second-order valence-corrected chi connectivity index (χ2v) is 6.51. The number of nitrogens with zero attached hydrogens (tertiary/aromatic N) is 1. The summed E-state index contributed by atoms with van der Waals surface area (Å²) in [7, 11) is 0. The highest BCUT2D eigenvalue weighted by Crippen LogP contribution is 2.25. The monoisotopic (exact) mass is 364 g/mol. The Bertz CT molecular complexity index is 898. The summed E-state index contributed by atoms with van der Waals surface area (Å²) in [6.07, 6.45) is 2.24. The molecule has 1 amide bonds. The SMILES string of the molecule is O=C(Nc1ncc(Cc2ccccc2Cl)s1)c1ccc(F)c(F)c1. The first-order chi connectivity index (χ1) is 11.5. The molecule has 7 heteroatoms. The molecule has 0 aliphatic carbocycles. The number of carbonyl (C=O) groups excluding carboxylic acids is 1. The summed E-state index contributed by atoms with van der Waals surface area (Å²) in [5.41, 5.74) is 0.984. The molecular weight excluding hydrogens is 354 g/mol. The van der Waals surface area contributed by atoms with E-state index in [9.17, 15) is 13.6 Å². The smallest absolute Gasteiger partial charge is 0.257 e. The van der Waals surface area contributed by atoms with Crippen LogP contribution in [0.3, 0.4) is 0 Å². The van der Waals surface area contributed by atoms with Crippen molar-refractivity contribution in [2.24, 2.45) is 0 Å². The molecule has 0 fully saturated rings. The summed E-state index contributed by atoms with van der Waals surface area (Å²) in [5.74, 6) is -2.61. The van der Waals surface area contributed by atoms with Crippen molar-refractivity contribution >= 4 is 34.0 Å². The van der Waals surface area contributed by atoms with Gasteiger partial charge in [0.25, 0.3) is 5.91 Å². The van der Waals surface area contributed by atoms with Crippen molar-refractivity contribution in [3.05, 3.63) is 81.3 Å². The van der Waals surface area contributed by atoms with Crippen LogP contribution in [0.1, 0.15) is 20.8 Å². The minimum absolute atomic E-state index is 0.0248. The van der Waals surface area contributed by atoms with Crippen molar-refractivity contribution in [2.45, 2.75) is 6.42 Å². The fraction of sp³-hybridized carbons (Fsp3) is 0.0588. The molecule has 0 atom stereocenters. The van der Waals surface area contributed by atoms with E-state index in [1.54, 1.807) is 6.20 Å². The molecule has 1 aromatic heterocycles. The van der Waals surface area contributed by atoms with Gasteiger partial charge in [-0.25, -0.2) is 13.8 Å². The summed E-state index contributed by atoms with van der Waals surface area (Å²) in [6, 6.07) is 10.5. The van der Waals surface area contributed by atoms with E-state index in [1.165, 1.54) is 17.4 Å². The van der Waals surface area contributed by atoms with Crippen molar-refractivity contribution in [3.63, 3.8) is 0 Å². The van der Waals surface area contributed by atoms with Crippen molar-refractivity contribution in [1.29, 1.82) is 0 Å². The summed E-state index contributed by atoms with van der Waals surface area (Å²) in [5, 5.41) is 3.62. The summed E-state index contributed by atoms with van der Waals surface area (Å²) >= 11 is 7.42. The van der Waals surface area contributed by atoms with Crippen LogP contribution >= 0.6 is 22.9 Å². The van der Waals surface area contributed by atoms with Gasteiger partial charge in [0.15, 0.2) is 16.8 Å². The first kappa shape index (κ1) is 16.5. The van der Waals surface area contributed by atoms with Gasteiger partial charge in [0, 0.05) is 28.1 Å². The fourth-order valence-corrected chi connectivity index (χ4v) is 3.12. The molecule has 0 aliphatic heterocycles. The minimum atomic E-state index is -1.07. The molecule has 0 saturated heterocycles. The zero-order chi connectivity index (χ0) is 17.1. The van der Waals surface area contributed by atoms with Crippen molar-refractivity contribution in [3.8, 4) is 0 Å². The van der Waals surface area contributed by atoms with Crippen LogP contribution in [0.5, 0.6) is 0 Å². The van der Waals surface area contributed by atoms with Gasteiger partial charge in [-0.15, -0.1) is 11.3 Å². The summed E-state index contributed by atoms with van der Waals surface area (Å²) in [6.45, 7) is 0. The summed E-state index contributed by atoms with van der Waals surface area (Å²) in [4.78, 5) is 17.1. The number of amides is 1. The number of carbonyl (C=O) groups is 1. The van der Waals surface area contributed by atoms with E-state index in [2.05, 4.69) is 10.3 Å². The predicted octanol–water partition coefficient (Wildman–Crippen LogP) is 4.92. The second-order valence-electron chi connectivity index (χ2n) is 4.98. The maximum Gasteiger partial charge on any atom is 0.257 e. The molecule has 3 aromatic rings. The average Bonchev–Trinajstić information content (AvgIpc) is 2.99. The first-order valence-electron chi connectivity index (χ1n) is 6.97. The Morgan fingerprint density at radius 3 is 2.71 bits per heavy atom. The molecule has 0 radical (unpaired) electrons. The van der Waals surface area contributed by atoms with E-state index in [0.29, 0.717) is 16.6 Å². The second kappa shape index (κ2) is 7.07. The zero-order valence-corrected chi connectivity index (χ0v) is 13.8. The van der Waals surface area contributed by atoms with Gasteiger partial charge in [0.2, 0.25) is 0 Å². The number of thiazole rings is 1. The van der Waals surface area contributed by atoms with Crippen LogP contribution in [0.15, 0.2) is 48.7 Å². The van der Waals surface area contributed by atoms with Gasteiger partial charge < -0.3 is 0 Å². The van der Waals surface area contributed by atoms with Crippen LogP contribution in [0.4, 0.5) is 13.9 Å². The van der Waals surface area contributed by atoms with Crippen LogP contribution in [0.25, 0.3) is 0 Å². The number of anilines is 1. The number of aromatic nitrogens is 1. The number of halogens is 3. The Balaban J connectivity index is 1.70. The number of hydrogen-bond acceptors (Lipinski definition) is 3. The molecule has 3 rings (SSSR count). The average molecular weight is 365 g/mol. The van der Waals surface area contributed by atoms with Gasteiger partial charge in [0.05, 0.1) is 0 Å². The number of hydrogen-bond donors (Lipinski definition) is 1. The highest BCUT2D eigenvalue weighted by atomic mass is 35.5. The molecule has 0 spiro atoms. The quantitative estimate of drug-likeness (QED) is 0.714. The Hall–Kier alpha value is -2.31. The lowest BCUT2D eigenvalue weighted by atomic mass is 10.1.